The topological polar surface area (TPSA) is 29.1 Å². The average Bonchev–Trinajstić information content (AvgIpc) is 2.85. The summed E-state index contributed by atoms with van der Waals surface area (Å²) >= 11 is 9.27. The lowest BCUT2D eigenvalue weighted by atomic mass is 10.3. The van der Waals surface area contributed by atoms with Crippen LogP contribution in [0.25, 0.3) is 0 Å². The zero-order valence-electron chi connectivity index (χ0n) is 9.56. The van der Waals surface area contributed by atoms with E-state index in [1.807, 2.05) is 23.6 Å². The molecule has 0 fully saturated rings. The summed E-state index contributed by atoms with van der Waals surface area (Å²) in [5, 5.41) is 5.41. The monoisotopic (exact) mass is 297 g/mol. The fraction of sp³-hybridized carbons (Fsp3) is 0.154. The Morgan fingerprint density at radius 1 is 1.28 bits per heavy atom. The van der Waals surface area contributed by atoms with Crippen LogP contribution in [-0.2, 0) is 10.5 Å². The van der Waals surface area contributed by atoms with E-state index in [1.54, 1.807) is 35.2 Å². The number of hydrogen-bond acceptors (Lipinski definition) is 3. The van der Waals surface area contributed by atoms with Crippen molar-refractivity contribution < 1.29 is 4.79 Å². The summed E-state index contributed by atoms with van der Waals surface area (Å²) in [6.07, 6.45) is 0. The number of benzene rings is 1. The van der Waals surface area contributed by atoms with Crippen LogP contribution in [0.15, 0.2) is 41.8 Å². The highest BCUT2D eigenvalue weighted by Crippen LogP contribution is 2.21. The number of amides is 1. The first-order valence-corrected chi connectivity index (χ1v) is 7.81. The second-order valence-electron chi connectivity index (χ2n) is 3.60. The first-order valence-electron chi connectivity index (χ1n) is 5.40. The van der Waals surface area contributed by atoms with Gasteiger partial charge in [-0.1, -0.05) is 29.8 Å². The van der Waals surface area contributed by atoms with Crippen molar-refractivity contribution in [1.82, 2.24) is 0 Å². The van der Waals surface area contributed by atoms with Gasteiger partial charge in [0.2, 0.25) is 5.91 Å². The molecule has 0 aliphatic rings. The molecule has 0 spiro atoms. The molecule has 2 aromatic rings. The molecule has 2 rings (SSSR count). The summed E-state index contributed by atoms with van der Waals surface area (Å²) in [6.45, 7) is 0. The first kappa shape index (κ1) is 13.5. The number of nitrogens with one attached hydrogen (secondary N) is 1. The average molecular weight is 298 g/mol. The van der Waals surface area contributed by atoms with Crippen molar-refractivity contribution >= 4 is 46.3 Å². The van der Waals surface area contributed by atoms with Crippen LogP contribution in [0, 0.1) is 0 Å². The molecule has 0 saturated carbocycles. The molecule has 1 aromatic carbocycles. The summed E-state index contributed by atoms with van der Waals surface area (Å²) in [7, 11) is 0. The number of thiophene rings is 1. The van der Waals surface area contributed by atoms with Crippen molar-refractivity contribution in [3.63, 3.8) is 0 Å². The van der Waals surface area contributed by atoms with Gasteiger partial charge in [0.05, 0.1) is 16.5 Å². The lowest BCUT2D eigenvalue weighted by molar-refractivity contribution is -0.113. The Hall–Kier alpha value is -0.970. The number of hydrogen-bond donors (Lipinski definition) is 1. The normalized spacial score (nSPS) is 10.3. The van der Waals surface area contributed by atoms with Gasteiger partial charge in [-0.05, 0) is 23.6 Å². The third-order valence-electron chi connectivity index (χ3n) is 2.21. The van der Waals surface area contributed by atoms with Crippen LogP contribution in [0.3, 0.4) is 0 Å². The molecule has 0 atom stereocenters. The van der Waals surface area contributed by atoms with E-state index in [-0.39, 0.29) is 5.91 Å². The molecule has 0 aliphatic heterocycles. The highest BCUT2D eigenvalue weighted by atomic mass is 35.5. The molecular weight excluding hydrogens is 286 g/mol. The lowest BCUT2D eigenvalue weighted by Crippen LogP contribution is -2.14. The summed E-state index contributed by atoms with van der Waals surface area (Å²) in [5.41, 5.74) is 0.667. The number of rotatable bonds is 5. The molecule has 1 heterocycles. The predicted molar refractivity (Wildman–Crippen MR) is 80.6 cm³/mol. The minimum absolute atomic E-state index is 0.0235. The standard InChI is InChI=1S/C13H12ClNOS2/c14-11-5-1-2-6-12(11)15-13(16)9-17-8-10-4-3-7-18-10/h1-7H,8-9H2,(H,15,16). The van der Waals surface area contributed by atoms with Gasteiger partial charge in [-0.25, -0.2) is 0 Å². The van der Waals surface area contributed by atoms with Gasteiger partial charge in [0.15, 0.2) is 0 Å². The summed E-state index contributed by atoms with van der Waals surface area (Å²) in [6, 6.07) is 11.3. The highest BCUT2D eigenvalue weighted by molar-refractivity contribution is 7.99. The summed E-state index contributed by atoms with van der Waals surface area (Å²) in [5.74, 6) is 1.28. The molecule has 1 N–H and O–H groups in total. The number of carbonyl (C=O) groups is 1. The number of carbonyl (C=O) groups excluding carboxylic acids is 1. The van der Waals surface area contributed by atoms with Gasteiger partial charge < -0.3 is 5.32 Å². The molecule has 94 valence electrons. The fourth-order valence-electron chi connectivity index (χ4n) is 1.39. The second-order valence-corrected chi connectivity index (χ2v) is 6.03. The molecule has 1 amide bonds. The Labute approximate surface area is 119 Å². The van der Waals surface area contributed by atoms with E-state index < -0.39 is 0 Å². The van der Waals surface area contributed by atoms with Gasteiger partial charge in [-0.15, -0.1) is 23.1 Å². The molecule has 0 aliphatic carbocycles. The molecule has 0 saturated heterocycles. The van der Waals surface area contributed by atoms with Crippen LogP contribution < -0.4 is 5.32 Å². The van der Waals surface area contributed by atoms with Crippen LogP contribution in [-0.4, -0.2) is 11.7 Å². The van der Waals surface area contributed by atoms with Crippen LogP contribution in [0.5, 0.6) is 0 Å². The van der Waals surface area contributed by atoms with Crippen LogP contribution in [0.4, 0.5) is 5.69 Å². The zero-order valence-corrected chi connectivity index (χ0v) is 11.9. The molecule has 1 aromatic heterocycles. The van der Waals surface area contributed by atoms with Gasteiger partial charge in [-0.2, -0.15) is 0 Å². The Morgan fingerprint density at radius 2 is 2.11 bits per heavy atom. The third kappa shape index (κ3) is 4.05. The Morgan fingerprint density at radius 3 is 2.83 bits per heavy atom. The summed E-state index contributed by atoms with van der Waals surface area (Å²) < 4.78 is 0. The van der Waals surface area contributed by atoms with Crippen molar-refractivity contribution in [2.45, 2.75) is 5.75 Å². The highest BCUT2D eigenvalue weighted by Gasteiger charge is 2.05. The van der Waals surface area contributed by atoms with E-state index in [9.17, 15) is 4.79 Å². The van der Waals surface area contributed by atoms with Gasteiger partial charge in [0.25, 0.3) is 0 Å². The number of para-hydroxylation sites is 1. The van der Waals surface area contributed by atoms with Gasteiger partial charge >= 0.3 is 0 Å². The van der Waals surface area contributed by atoms with Crippen LogP contribution >= 0.6 is 34.7 Å². The second kappa shape index (κ2) is 6.83. The van der Waals surface area contributed by atoms with Crippen molar-refractivity contribution in [3.8, 4) is 0 Å². The Balaban J connectivity index is 1.77. The predicted octanol–water partition coefficient (Wildman–Crippen LogP) is 4.27. The van der Waals surface area contributed by atoms with E-state index in [2.05, 4.69) is 11.4 Å². The molecule has 0 unspecified atom stereocenters. The van der Waals surface area contributed by atoms with Crippen molar-refractivity contribution in [3.05, 3.63) is 51.7 Å². The van der Waals surface area contributed by atoms with Crippen LogP contribution in [0.1, 0.15) is 4.88 Å². The van der Waals surface area contributed by atoms with E-state index in [0.717, 1.165) is 5.75 Å². The van der Waals surface area contributed by atoms with Gasteiger partial charge in [0, 0.05) is 10.6 Å². The number of thioether (sulfide) groups is 1. The zero-order chi connectivity index (χ0) is 12.8. The third-order valence-corrected chi connectivity index (χ3v) is 4.58. The maximum atomic E-state index is 11.7. The van der Waals surface area contributed by atoms with Crippen molar-refractivity contribution in [1.29, 1.82) is 0 Å². The molecule has 0 bridgehead atoms. The maximum absolute atomic E-state index is 11.7. The smallest absolute Gasteiger partial charge is 0.234 e. The first-order chi connectivity index (χ1) is 8.75. The van der Waals surface area contributed by atoms with Crippen molar-refractivity contribution in [2.75, 3.05) is 11.1 Å². The SMILES string of the molecule is O=C(CSCc1cccs1)Nc1ccccc1Cl. The van der Waals surface area contributed by atoms with E-state index in [0.29, 0.717) is 16.5 Å². The molecule has 2 nitrogen and oxygen atoms in total. The summed E-state index contributed by atoms with van der Waals surface area (Å²) in [4.78, 5) is 13.0. The van der Waals surface area contributed by atoms with E-state index in [4.69, 9.17) is 11.6 Å². The molecule has 5 heteroatoms. The number of anilines is 1. The Kier molecular flexibility index (Phi) is 5.11. The lowest BCUT2D eigenvalue weighted by Gasteiger charge is -2.06. The molecule has 0 radical (unpaired) electrons. The molecule has 18 heavy (non-hydrogen) atoms. The minimum Gasteiger partial charge on any atom is -0.324 e. The quantitative estimate of drug-likeness (QED) is 0.893. The van der Waals surface area contributed by atoms with Crippen molar-refractivity contribution in [2.24, 2.45) is 0 Å². The fourth-order valence-corrected chi connectivity index (χ4v) is 3.24. The Bertz CT molecular complexity index is 513. The number of halogens is 1. The molecular formula is C13H12ClNOS2. The van der Waals surface area contributed by atoms with Gasteiger partial charge in [0.1, 0.15) is 0 Å². The van der Waals surface area contributed by atoms with E-state index >= 15 is 0 Å². The van der Waals surface area contributed by atoms with E-state index in [1.165, 1.54) is 4.88 Å². The largest absolute Gasteiger partial charge is 0.324 e. The maximum Gasteiger partial charge on any atom is 0.234 e. The van der Waals surface area contributed by atoms with Crippen LogP contribution in [0.2, 0.25) is 5.02 Å². The van der Waals surface area contributed by atoms with Gasteiger partial charge in [-0.3, -0.25) is 4.79 Å². The minimum atomic E-state index is -0.0235.